The van der Waals surface area contributed by atoms with Crippen LogP contribution in [0.15, 0.2) is 12.4 Å². The van der Waals surface area contributed by atoms with Gasteiger partial charge in [0.25, 0.3) is 0 Å². The quantitative estimate of drug-likeness (QED) is 0.855. The maximum Gasteiger partial charge on any atom is 0.125 e. The molecule has 0 aliphatic heterocycles. The van der Waals surface area contributed by atoms with E-state index >= 15 is 0 Å². The summed E-state index contributed by atoms with van der Waals surface area (Å²) in [4.78, 5) is 4.48. The van der Waals surface area contributed by atoms with Gasteiger partial charge in [0.05, 0.1) is 22.5 Å². The van der Waals surface area contributed by atoms with Crippen LogP contribution in [0.2, 0.25) is 5.02 Å². The van der Waals surface area contributed by atoms with Gasteiger partial charge >= 0.3 is 0 Å². The third-order valence-electron chi connectivity index (χ3n) is 3.71. The van der Waals surface area contributed by atoms with Gasteiger partial charge in [-0.2, -0.15) is 5.10 Å². The lowest BCUT2D eigenvalue weighted by molar-refractivity contribution is 0.478. The molecule has 2 rings (SSSR count). The van der Waals surface area contributed by atoms with Crippen molar-refractivity contribution in [3.8, 4) is 0 Å². The lowest BCUT2D eigenvalue weighted by atomic mass is 10.1. The number of aromatic nitrogens is 4. The molecule has 1 N–H and O–H groups in total. The Morgan fingerprint density at radius 3 is 2.62 bits per heavy atom. The monoisotopic (exact) mass is 309 g/mol. The summed E-state index contributed by atoms with van der Waals surface area (Å²) in [5, 5.41) is 8.84. The van der Waals surface area contributed by atoms with E-state index in [9.17, 15) is 0 Å². The van der Waals surface area contributed by atoms with E-state index in [1.54, 1.807) is 0 Å². The zero-order chi connectivity index (χ0) is 15.4. The van der Waals surface area contributed by atoms with E-state index < -0.39 is 0 Å². The van der Waals surface area contributed by atoms with Crippen LogP contribution in [0.1, 0.15) is 43.5 Å². The second kappa shape index (κ2) is 7.09. The first-order valence-electron chi connectivity index (χ1n) is 7.49. The molecule has 0 saturated carbocycles. The minimum Gasteiger partial charge on any atom is -0.337 e. The minimum atomic E-state index is 0.141. The number of imidazole rings is 1. The predicted octanol–water partition coefficient (Wildman–Crippen LogP) is 2.65. The summed E-state index contributed by atoms with van der Waals surface area (Å²) in [7, 11) is 3.97. The number of nitrogens with one attached hydrogen (secondary N) is 1. The van der Waals surface area contributed by atoms with Gasteiger partial charge in [-0.25, -0.2) is 4.98 Å². The molecule has 0 aliphatic carbocycles. The van der Waals surface area contributed by atoms with Gasteiger partial charge in [-0.05, 0) is 19.4 Å². The summed E-state index contributed by atoms with van der Waals surface area (Å²) in [6.07, 6.45) is 6.52. The Balaban J connectivity index is 2.27. The fourth-order valence-electron chi connectivity index (χ4n) is 2.52. The fraction of sp³-hybridized carbons (Fsp3) is 0.600. The molecular formula is C15H24ClN5. The van der Waals surface area contributed by atoms with Crippen molar-refractivity contribution >= 4 is 11.6 Å². The summed E-state index contributed by atoms with van der Waals surface area (Å²) in [6, 6.07) is 0.141. The number of aryl methyl sites for hydroxylation is 3. The molecule has 6 heteroatoms. The number of hydrogen-bond donors (Lipinski definition) is 1. The number of nitrogens with zero attached hydrogens (tertiary/aromatic N) is 4. The van der Waals surface area contributed by atoms with E-state index in [-0.39, 0.29) is 6.04 Å². The highest BCUT2D eigenvalue weighted by Gasteiger charge is 2.21. The van der Waals surface area contributed by atoms with Crippen LogP contribution in [0.5, 0.6) is 0 Å². The third kappa shape index (κ3) is 3.47. The molecule has 5 nitrogen and oxygen atoms in total. The average Bonchev–Trinajstić information content (AvgIpc) is 3.00. The highest BCUT2D eigenvalue weighted by molar-refractivity contribution is 6.31. The lowest BCUT2D eigenvalue weighted by Crippen LogP contribution is -2.27. The standard InChI is InChI=1S/C15H24ClN5/c1-5-7-17-12(15-18-8-9-20(15)3)10-13-14(16)11(6-2)19-21(13)4/h8-9,12,17H,5-7,10H2,1-4H3. The van der Waals surface area contributed by atoms with E-state index in [1.807, 2.05) is 31.2 Å². The maximum absolute atomic E-state index is 6.47. The summed E-state index contributed by atoms with van der Waals surface area (Å²) >= 11 is 6.47. The predicted molar refractivity (Wildman–Crippen MR) is 85.5 cm³/mol. The molecule has 2 heterocycles. The number of rotatable bonds is 7. The largest absolute Gasteiger partial charge is 0.337 e. The van der Waals surface area contributed by atoms with Gasteiger partial charge in [-0.15, -0.1) is 0 Å². The molecular weight excluding hydrogens is 286 g/mol. The zero-order valence-electron chi connectivity index (χ0n) is 13.2. The molecule has 0 radical (unpaired) electrons. The molecule has 0 aliphatic rings. The molecule has 0 bridgehead atoms. The summed E-state index contributed by atoms with van der Waals surface area (Å²) < 4.78 is 3.95. The van der Waals surface area contributed by atoms with Crippen molar-refractivity contribution in [1.82, 2.24) is 24.6 Å². The fourth-order valence-corrected chi connectivity index (χ4v) is 2.89. The molecule has 0 saturated heterocycles. The first-order chi connectivity index (χ1) is 10.1. The molecule has 21 heavy (non-hydrogen) atoms. The lowest BCUT2D eigenvalue weighted by Gasteiger charge is -2.18. The zero-order valence-corrected chi connectivity index (χ0v) is 14.0. The Bertz CT molecular complexity index is 587. The van der Waals surface area contributed by atoms with E-state index in [1.165, 1.54) is 0 Å². The first kappa shape index (κ1) is 16.0. The van der Waals surface area contributed by atoms with Crippen molar-refractivity contribution in [2.24, 2.45) is 14.1 Å². The molecule has 0 aromatic carbocycles. The Morgan fingerprint density at radius 2 is 2.10 bits per heavy atom. The van der Waals surface area contributed by atoms with Crippen molar-refractivity contribution in [3.63, 3.8) is 0 Å². The molecule has 2 aromatic rings. The van der Waals surface area contributed by atoms with E-state index in [4.69, 9.17) is 11.6 Å². The van der Waals surface area contributed by atoms with E-state index in [0.29, 0.717) is 0 Å². The van der Waals surface area contributed by atoms with Crippen LogP contribution in [0.3, 0.4) is 0 Å². The van der Waals surface area contributed by atoms with Gasteiger partial charge in [0.1, 0.15) is 5.82 Å². The summed E-state index contributed by atoms with van der Waals surface area (Å²) in [5.74, 6) is 1.03. The smallest absolute Gasteiger partial charge is 0.125 e. The van der Waals surface area contributed by atoms with Crippen molar-refractivity contribution in [2.75, 3.05) is 6.54 Å². The highest BCUT2D eigenvalue weighted by atomic mass is 35.5. The topological polar surface area (TPSA) is 47.7 Å². The van der Waals surface area contributed by atoms with Crippen molar-refractivity contribution < 1.29 is 0 Å². The molecule has 116 valence electrons. The molecule has 0 amide bonds. The van der Waals surface area contributed by atoms with Gasteiger partial charge in [0, 0.05) is 32.9 Å². The molecule has 1 unspecified atom stereocenters. The van der Waals surface area contributed by atoms with Crippen molar-refractivity contribution in [2.45, 2.75) is 39.2 Å². The third-order valence-corrected chi connectivity index (χ3v) is 4.15. The molecule has 0 spiro atoms. The highest BCUT2D eigenvalue weighted by Crippen LogP contribution is 2.25. The minimum absolute atomic E-state index is 0.141. The Labute approximate surface area is 131 Å². The van der Waals surface area contributed by atoms with Gasteiger partial charge in [-0.3, -0.25) is 4.68 Å². The Hall–Kier alpha value is -1.33. The van der Waals surface area contributed by atoms with E-state index in [2.05, 4.69) is 33.8 Å². The van der Waals surface area contributed by atoms with Crippen LogP contribution in [0.25, 0.3) is 0 Å². The summed E-state index contributed by atoms with van der Waals surface area (Å²) in [5.41, 5.74) is 2.02. The molecule has 0 fully saturated rings. The second-order valence-corrected chi connectivity index (χ2v) is 5.67. The van der Waals surface area contributed by atoms with Gasteiger partial charge in [0.2, 0.25) is 0 Å². The molecule has 2 aromatic heterocycles. The summed E-state index contributed by atoms with van der Waals surface area (Å²) in [6.45, 7) is 5.19. The van der Waals surface area contributed by atoms with E-state index in [0.717, 1.165) is 48.0 Å². The average molecular weight is 310 g/mol. The van der Waals surface area contributed by atoms with Crippen molar-refractivity contribution in [1.29, 1.82) is 0 Å². The number of hydrogen-bond acceptors (Lipinski definition) is 3. The SMILES string of the molecule is CCCNC(Cc1c(Cl)c(CC)nn1C)c1nccn1C. The van der Waals surface area contributed by atoms with Crippen LogP contribution in [0.4, 0.5) is 0 Å². The van der Waals surface area contributed by atoms with Gasteiger partial charge in [0.15, 0.2) is 0 Å². The number of halogens is 1. The van der Waals surface area contributed by atoms with Crippen LogP contribution in [-0.2, 0) is 26.9 Å². The van der Waals surface area contributed by atoms with Gasteiger partial charge < -0.3 is 9.88 Å². The van der Waals surface area contributed by atoms with Crippen molar-refractivity contribution in [3.05, 3.63) is 34.6 Å². The maximum atomic E-state index is 6.47. The van der Waals surface area contributed by atoms with Crippen LogP contribution < -0.4 is 5.32 Å². The Kier molecular flexibility index (Phi) is 5.42. The normalized spacial score (nSPS) is 12.8. The molecule has 1 atom stereocenters. The van der Waals surface area contributed by atoms with Crippen LogP contribution in [0, 0.1) is 0 Å². The first-order valence-corrected chi connectivity index (χ1v) is 7.87. The Morgan fingerprint density at radius 1 is 1.33 bits per heavy atom. The van der Waals surface area contributed by atoms with Crippen LogP contribution in [-0.4, -0.2) is 25.9 Å². The van der Waals surface area contributed by atoms with Crippen LogP contribution >= 0.6 is 11.6 Å². The van der Waals surface area contributed by atoms with Gasteiger partial charge in [-0.1, -0.05) is 25.4 Å². The second-order valence-electron chi connectivity index (χ2n) is 5.29.